The molecule has 7 heteroatoms. The summed E-state index contributed by atoms with van der Waals surface area (Å²) in [6.45, 7) is 1.69. The fourth-order valence-electron chi connectivity index (χ4n) is 3.16. The number of rotatable bonds is 5. The van der Waals surface area contributed by atoms with Gasteiger partial charge < -0.3 is 25.0 Å². The molecule has 0 bridgehead atoms. The van der Waals surface area contributed by atoms with Gasteiger partial charge in [-0.15, -0.1) is 0 Å². The highest BCUT2D eigenvalue weighted by atomic mass is 32.1. The van der Waals surface area contributed by atoms with Crippen molar-refractivity contribution in [1.82, 2.24) is 4.90 Å². The molecular formula is C21H25N3O3S. The number of carbonyl (C=O) groups excluding carboxylic acids is 1. The molecule has 1 amide bonds. The van der Waals surface area contributed by atoms with Crippen molar-refractivity contribution < 1.29 is 14.3 Å². The lowest BCUT2D eigenvalue weighted by atomic mass is 10.1. The van der Waals surface area contributed by atoms with Gasteiger partial charge in [-0.05, 0) is 67.9 Å². The van der Waals surface area contributed by atoms with Gasteiger partial charge in [-0.25, -0.2) is 0 Å². The molecule has 1 aliphatic rings. The van der Waals surface area contributed by atoms with Crippen LogP contribution in [0.25, 0.3) is 0 Å². The van der Waals surface area contributed by atoms with Crippen molar-refractivity contribution >= 4 is 34.6 Å². The molecule has 0 unspecified atom stereocenters. The van der Waals surface area contributed by atoms with Gasteiger partial charge in [-0.1, -0.05) is 0 Å². The zero-order valence-corrected chi connectivity index (χ0v) is 17.0. The van der Waals surface area contributed by atoms with E-state index in [2.05, 4.69) is 10.6 Å². The number of thiocarbonyl (C=S) groups is 1. The van der Waals surface area contributed by atoms with Gasteiger partial charge in [0.25, 0.3) is 5.91 Å². The predicted octanol–water partition coefficient (Wildman–Crippen LogP) is 4.14. The van der Waals surface area contributed by atoms with E-state index in [1.807, 2.05) is 41.3 Å². The van der Waals surface area contributed by atoms with Crippen molar-refractivity contribution in [2.45, 2.75) is 19.3 Å². The van der Waals surface area contributed by atoms with E-state index in [9.17, 15) is 4.79 Å². The molecule has 0 atom stereocenters. The summed E-state index contributed by atoms with van der Waals surface area (Å²) < 4.78 is 10.6. The molecule has 3 rings (SSSR count). The van der Waals surface area contributed by atoms with Crippen molar-refractivity contribution in [2.75, 3.05) is 37.9 Å². The maximum atomic E-state index is 12.5. The average Bonchev–Trinajstić information content (AvgIpc) is 2.74. The van der Waals surface area contributed by atoms with E-state index in [1.165, 1.54) is 6.42 Å². The zero-order chi connectivity index (χ0) is 19.9. The van der Waals surface area contributed by atoms with Crippen LogP contribution in [0.3, 0.4) is 0 Å². The van der Waals surface area contributed by atoms with Crippen molar-refractivity contribution in [3.63, 3.8) is 0 Å². The molecule has 2 aromatic rings. The lowest BCUT2D eigenvalue weighted by Gasteiger charge is -2.26. The van der Waals surface area contributed by atoms with Crippen LogP contribution in [-0.2, 0) is 0 Å². The topological polar surface area (TPSA) is 62.8 Å². The molecule has 0 aromatic heterocycles. The fourth-order valence-corrected chi connectivity index (χ4v) is 3.39. The number of nitrogens with one attached hydrogen (secondary N) is 2. The zero-order valence-electron chi connectivity index (χ0n) is 16.2. The molecule has 0 radical (unpaired) electrons. The van der Waals surface area contributed by atoms with Gasteiger partial charge in [-0.2, -0.15) is 0 Å². The van der Waals surface area contributed by atoms with Crippen LogP contribution < -0.4 is 20.1 Å². The number of likely N-dealkylation sites (tertiary alicyclic amines) is 1. The Morgan fingerprint density at radius 3 is 2.32 bits per heavy atom. The molecule has 1 fully saturated rings. The number of ether oxygens (including phenoxy) is 2. The third-order valence-corrected chi connectivity index (χ3v) is 4.89. The van der Waals surface area contributed by atoms with Crippen LogP contribution in [0.15, 0.2) is 42.5 Å². The molecule has 0 spiro atoms. The highest BCUT2D eigenvalue weighted by Crippen LogP contribution is 2.29. The van der Waals surface area contributed by atoms with Crippen molar-refractivity contribution in [1.29, 1.82) is 0 Å². The number of benzene rings is 2. The number of nitrogens with zero attached hydrogens (tertiary/aromatic N) is 1. The van der Waals surface area contributed by atoms with Crippen LogP contribution in [0.1, 0.15) is 29.6 Å². The van der Waals surface area contributed by atoms with Gasteiger partial charge in [0.15, 0.2) is 5.11 Å². The maximum absolute atomic E-state index is 12.5. The van der Waals surface area contributed by atoms with Crippen LogP contribution >= 0.6 is 12.2 Å². The van der Waals surface area contributed by atoms with Crippen LogP contribution in [0.4, 0.5) is 11.4 Å². The van der Waals surface area contributed by atoms with E-state index in [-0.39, 0.29) is 5.91 Å². The van der Waals surface area contributed by atoms with E-state index < -0.39 is 0 Å². The Balaban J connectivity index is 1.61. The number of hydrogen-bond donors (Lipinski definition) is 2. The summed E-state index contributed by atoms with van der Waals surface area (Å²) in [5, 5.41) is 6.67. The first-order chi connectivity index (χ1) is 13.6. The Hall–Kier alpha value is -2.80. The second kappa shape index (κ2) is 9.41. The SMILES string of the molecule is COc1ccc(NC(=S)Nc2ccc(C(=O)N3CCCCC3)cc2)c(OC)c1. The highest BCUT2D eigenvalue weighted by Gasteiger charge is 2.18. The van der Waals surface area contributed by atoms with E-state index in [1.54, 1.807) is 20.3 Å². The Morgan fingerprint density at radius 1 is 0.964 bits per heavy atom. The minimum absolute atomic E-state index is 0.0925. The van der Waals surface area contributed by atoms with E-state index in [0.717, 1.165) is 37.3 Å². The second-order valence-corrected chi connectivity index (χ2v) is 6.98. The Bertz CT molecular complexity index is 833. The molecule has 28 heavy (non-hydrogen) atoms. The van der Waals surface area contributed by atoms with E-state index in [0.29, 0.717) is 22.2 Å². The summed E-state index contributed by atoms with van der Waals surface area (Å²) in [6, 6.07) is 12.8. The largest absolute Gasteiger partial charge is 0.497 e. The summed E-state index contributed by atoms with van der Waals surface area (Å²) in [5.74, 6) is 1.43. The number of methoxy groups -OCH3 is 2. The third-order valence-electron chi connectivity index (χ3n) is 4.69. The van der Waals surface area contributed by atoms with Gasteiger partial charge in [0.1, 0.15) is 11.5 Å². The van der Waals surface area contributed by atoms with Crippen LogP contribution in [0, 0.1) is 0 Å². The quantitative estimate of drug-likeness (QED) is 0.737. The minimum atomic E-state index is 0.0925. The second-order valence-electron chi connectivity index (χ2n) is 6.58. The molecule has 148 valence electrons. The van der Waals surface area contributed by atoms with Gasteiger partial charge in [0, 0.05) is 30.4 Å². The highest BCUT2D eigenvalue weighted by molar-refractivity contribution is 7.80. The van der Waals surface area contributed by atoms with Crippen LogP contribution in [0.5, 0.6) is 11.5 Å². The number of piperidine rings is 1. The van der Waals surface area contributed by atoms with Crippen LogP contribution in [0.2, 0.25) is 0 Å². The molecular weight excluding hydrogens is 374 g/mol. The summed E-state index contributed by atoms with van der Waals surface area (Å²) >= 11 is 5.39. The Kier molecular flexibility index (Phi) is 6.71. The standard InChI is InChI=1S/C21H25N3O3S/c1-26-17-10-11-18(19(14-17)27-2)23-21(28)22-16-8-6-15(7-9-16)20(25)24-12-4-3-5-13-24/h6-11,14H,3-5,12-13H2,1-2H3,(H2,22,23,28). The maximum Gasteiger partial charge on any atom is 0.253 e. The molecule has 2 aromatic carbocycles. The average molecular weight is 400 g/mol. The number of hydrogen-bond acceptors (Lipinski definition) is 4. The predicted molar refractivity (Wildman–Crippen MR) is 116 cm³/mol. The molecule has 1 aliphatic heterocycles. The van der Waals surface area contributed by atoms with E-state index >= 15 is 0 Å². The molecule has 0 aliphatic carbocycles. The fraction of sp³-hybridized carbons (Fsp3) is 0.333. The normalized spacial score (nSPS) is 13.6. The van der Waals surface area contributed by atoms with E-state index in [4.69, 9.17) is 21.7 Å². The van der Waals surface area contributed by atoms with Gasteiger partial charge in [0.2, 0.25) is 0 Å². The van der Waals surface area contributed by atoms with Crippen molar-refractivity contribution in [3.05, 3.63) is 48.0 Å². The van der Waals surface area contributed by atoms with Crippen molar-refractivity contribution in [3.8, 4) is 11.5 Å². The Labute approximate surface area is 170 Å². The minimum Gasteiger partial charge on any atom is -0.497 e. The summed E-state index contributed by atoms with van der Waals surface area (Å²) in [6.07, 6.45) is 3.37. The van der Waals surface area contributed by atoms with Gasteiger partial charge >= 0.3 is 0 Å². The first-order valence-corrected chi connectivity index (χ1v) is 9.71. The molecule has 1 saturated heterocycles. The first kappa shape index (κ1) is 19.9. The van der Waals surface area contributed by atoms with Gasteiger partial charge in [-0.3, -0.25) is 4.79 Å². The molecule has 1 heterocycles. The number of amides is 1. The molecule has 0 saturated carbocycles. The van der Waals surface area contributed by atoms with Crippen LogP contribution in [-0.4, -0.2) is 43.2 Å². The Morgan fingerprint density at radius 2 is 1.68 bits per heavy atom. The lowest BCUT2D eigenvalue weighted by molar-refractivity contribution is 0.0724. The number of carbonyl (C=O) groups is 1. The first-order valence-electron chi connectivity index (χ1n) is 9.30. The van der Waals surface area contributed by atoms with Crippen molar-refractivity contribution in [2.24, 2.45) is 0 Å². The smallest absolute Gasteiger partial charge is 0.253 e. The summed E-state index contributed by atoms with van der Waals surface area (Å²) in [7, 11) is 3.20. The van der Waals surface area contributed by atoms with Gasteiger partial charge in [0.05, 0.1) is 19.9 Å². The molecule has 2 N–H and O–H groups in total. The number of anilines is 2. The summed E-state index contributed by atoms with van der Waals surface area (Å²) in [4.78, 5) is 14.5. The monoisotopic (exact) mass is 399 g/mol. The lowest BCUT2D eigenvalue weighted by Crippen LogP contribution is -2.35. The third kappa shape index (κ3) is 4.92. The molecule has 6 nitrogen and oxygen atoms in total. The summed E-state index contributed by atoms with van der Waals surface area (Å²) in [5.41, 5.74) is 2.24.